The largest absolute Gasteiger partial charge is 0.366 e. The second kappa shape index (κ2) is 14.6. The van der Waals surface area contributed by atoms with Gasteiger partial charge in [-0.3, -0.25) is 26.1 Å². The molecule has 0 amide bonds. The van der Waals surface area contributed by atoms with E-state index in [9.17, 15) is 20.2 Å². The highest BCUT2D eigenvalue weighted by Crippen LogP contribution is 2.28. The topological polar surface area (TPSA) is 205 Å². The second-order valence-electron chi connectivity index (χ2n) is 8.18. The van der Waals surface area contributed by atoms with Gasteiger partial charge in [0.2, 0.25) is 0 Å². The number of nitrogen functional groups attached to an aromatic ring is 1. The van der Waals surface area contributed by atoms with Gasteiger partial charge in [-0.05, 0) is 23.8 Å². The van der Waals surface area contributed by atoms with Crippen LogP contribution in [0, 0.1) is 20.2 Å². The number of benzene rings is 2. The van der Waals surface area contributed by atoms with Gasteiger partial charge in [0.25, 0.3) is 11.4 Å². The molecule has 1 aromatic heterocycles. The monoisotopic (exact) mass is 559 g/mol. The number of hydrogen-bond acceptors (Lipinski definition) is 10. The fraction of sp³-hybridized carbons (Fsp3) is 0.364. The van der Waals surface area contributed by atoms with Gasteiger partial charge in [0, 0.05) is 92.0 Å². The number of nitro groups is 2. The maximum Gasteiger partial charge on any atom is 0.270 e. The van der Waals surface area contributed by atoms with Gasteiger partial charge in [0.05, 0.1) is 9.85 Å². The van der Waals surface area contributed by atoms with E-state index in [1.165, 1.54) is 41.6 Å². The molecule has 15 heteroatoms. The van der Waals surface area contributed by atoms with Gasteiger partial charge in [-0.15, -0.1) is 24.8 Å². The minimum absolute atomic E-state index is 0. The van der Waals surface area contributed by atoms with Gasteiger partial charge in [0.15, 0.2) is 5.79 Å². The molecule has 37 heavy (non-hydrogen) atoms. The normalized spacial score (nSPS) is 15.2. The molecule has 0 bridgehead atoms. The summed E-state index contributed by atoms with van der Waals surface area (Å²) in [4.78, 5) is 23.4. The minimum Gasteiger partial charge on any atom is -0.366 e. The van der Waals surface area contributed by atoms with Crippen LogP contribution >= 0.6 is 24.8 Å². The number of nitro benzene ring substituents is 2. The third-order valence-corrected chi connectivity index (χ3v) is 5.69. The Morgan fingerprint density at radius 1 is 0.892 bits per heavy atom. The van der Waals surface area contributed by atoms with E-state index in [-0.39, 0.29) is 41.1 Å². The summed E-state index contributed by atoms with van der Waals surface area (Å²) in [5, 5.41) is 45.9. The number of halogens is 2. The summed E-state index contributed by atoms with van der Waals surface area (Å²) >= 11 is 0. The molecular formula is C22H31Cl2N7O6. The first-order chi connectivity index (χ1) is 16.7. The highest BCUT2D eigenvalue weighted by Gasteiger charge is 2.24. The van der Waals surface area contributed by atoms with Crippen LogP contribution in [-0.4, -0.2) is 50.5 Å². The highest BCUT2D eigenvalue weighted by molar-refractivity contribution is 5.87. The maximum absolute atomic E-state index is 10.7. The first-order valence-corrected chi connectivity index (χ1v) is 11.1. The Morgan fingerprint density at radius 2 is 1.49 bits per heavy atom. The first-order valence-electron chi connectivity index (χ1n) is 11.1. The van der Waals surface area contributed by atoms with E-state index < -0.39 is 10.7 Å². The number of rotatable bonds is 3. The molecule has 1 saturated heterocycles. The van der Waals surface area contributed by atoms with E-state index in [2.05, 4.69) is 21.0 Å². The molecule has 0 spiro atoms. The zero-order valence-corrected chi connectivity index (χ0v) is 21.4. The lowest BCUT2D eigenvalue weighted by atomic mass is 10.1. The second-order valence-corrected chi connectivity index (χ2v) is 8.18. The lowest BCUT2D eigenvalue weighted by Crippen LogP contribution is -2.41. The summed E-state index contributed by atoms with van der Waals surface area (Å²) in [6, 6.07) is 10.8. The molecule has 204 valence electrons. The zero-order valence-electron chi connectivity index (χ0n) is 19.8. The van der Waals surface area contributed by atoms with Gasteiger partial charge < -0.3 is 31.3 Å². The number of hydrogen-bond donors (Lipinski definition) is 7. The maximum atomic E-state index is 10.7. The van der Waals surface area contributed by atoms with E-state index in [0.29, 0.717) is 31.6 Å². The van der Waals surface area contributed by atoms with E-state index in [1.54, 1.807) is 12.1 Å². The van der Waals surface area contributed by atoms with Crippen molar-refractivity contribution in [3.63, 3.8) is 0 Å². The number of fused-ring (bicyclic) bond motifs is 3. The Morgan fingerprint density at radius 3 is 2.00 bits per heavy atom. The number of non-ortho nitro benzene ring substituents is 2. The third kappa shape index (κ3) is 9.09. The van der Waals surface area contributed by atoms with Crippen LogP contribution in [0.15, 0.2) is 42.5 Å². The van der Waals surface area contributed by atoms with Gasteiger partial charge >= 0.3 is 0 Å². The van der Waals surface area contributed by atoms with Crippen LogP contribution in [0.2, 0.25) is 0 Å². The van der Waals surface area contributed by atoms with E-state index in [0.717, 1.165) is 30.4 Å². The summed E-state index contributed by atoms with van der Waals surface area (Å²) < 4.78 is 0. The van der Waals surface area contributed by atoms with E-state index in [1.807, 2.05) is 0 Å². The van der Waals surface area contributed by atoms with Crippen LogP contribution in [0.4, 0.5) is 17.1 Å². The molecule has 1 fully saturated rings. The van der Waals surface area contributed by atoms with Crippen molar-refractivity contribution in [1.29, 1.82) is 0 Å². The van der Waals surface area contributed by atoms with Crippen LogP contribution in [0.25, 0.3) is 10.9 Å². The summed E-state index contributed by atoms with van der Waals surface area (Å²) in [6.07, 6.45) is 1.86. The SMILES string of the molecule is Cl.Cl.NNc1ccc([N+](=O)[O-])cc1.O=[N+]([O-])c1ccc2[nH]c3c(c2c1)CNCC3.OC1(O)CCNCC1. The molecular weight excluding hydrogens is 529 g/mol. The number of aliphatic hydroxyl groups is 2. The molecule has 3 heterocycles. The van der Waals surface area contributed by atoms with Gasteiger partial charge in [-0.25, -0.2) is 0 Å². The smallest absolute Gasteiger partial charge is 0.270 e. The predicted octanol–water partition coefficient (Wildman–Crippen LogP) is 2.50. The van der Waals surface area contributed by atoms with Crippen LogP contribution in [0.3, 0.4) is 0 Å². The van der Waals surface area contributed by atoms with Crippen LogP contribution in [0.5, 0.6) is 0 Å². The molecule has 2 aromatic carbocycles. The van der Waals surface area contributed by atoms with Crippen molar-refractivity contribution < 1.29 is 20.1 Å². The number of nitrogens with two attached hydrogens (primary N) is 1. The molecule has 2 aliphatic rings. The van der Waals surface area contributed by atoms with Crippen molar-refractivity contribution in [2.45, 2.75) is 31.6 Å². The number of aromatic nitrogens is 1. The average molecular weight is 560 g/mol. The van der Waals surface area contributed by atoms with Gasteiger partial charge in [-0.2, -0.15) is 0 Å². The number of H-pyrrole nitrogens is 1. The Kier molecular flexibility index (Phi) is 12.7. The van der Waals surface area contributed by atoms with Crippen molar-refractivity contribution in [2.24, 2.45) is 5.84 Å². The van der Waals surface area contributed by atoms with Gasteiger partial charge in [0.1, 0.15) is 0 Å². The van der Waals surface area contributed by atoms with Crippen LogP contribution in [0.1, 0.15) is 24.1 Å². The highest BCUT2D eigenvalue weighted by atomic mass is 35.5. The Labute approximate surface area is 224 Å². The van der Waals surface area contributed by atoms with Crippen molar-refractivity contribution in [1.82, 2.24) is 15.6 Å². The zero-order chi connectivity index (χ0) is 25.4. The minimum atomic E-state index is -1.38. The van der Waals surface area contributed by atoms with Crippen LogP contribution in [-0.2, 0) is 13.0 Å². The molecule has 0 radical (unpaired) electrons. The molecule has 8 N–H and O–H groups in total. The molecule has 2 aliphatic heterocycles. The number of piperidine rings is 1. The van der Waals surface area contributed by atoms with Gasteiger partial charge in [-0.1, -0.05) is 0 Å². The lowest BCUT2D eigenvalue weighted by molar-refractivity contribution is -0.385. The summed E-state index contributed by atoms with van der Waals surface area (Å²) in [5.74, 6) is 3.67. The molecule has 0 aliphatic carbocycles. The van der Waals surface area contributed by atoms with Crippen molar-refractivity contribution in [3.05, 3.63) is 74.0 Å². The van der Waals surface area contributed by atoms with Crippen molar-refractivity contribution >= 4 is 52.8 Å². The molecule has 0 unspecified atom stereocenters. The summed E-state index contributed by atoms with van der Waals surface area (Å²) in [7, 11) is 0. The number of nitrogens with zero attached hydrogens (tertiary/aromatic N) is 2. The molecule has 5 rings (SSSR count). The molecule has 0 saturated carbocycles. The summed E-state index contributed by atoms with van der Waals surface area (Å²) in [5.41, 5.74) is 6.59. The number of aromatic amines is 1. The van der Waals surface area contributed by atoms with Crippen molar-refractivity contribution in [2.75, 3.05) is 25.1 Å². The summed E-state index contributed by atoms with van der Waals surface area (Å²) in [6.45, 7) is 3.18. The number of nitrogens with one attached hydrogen (secondary N) is 4. The first kappa shape index (κ1) is 32.0. The number of anilines is 1. The molecule has 0 atom stereocenters. The lowest BCUT2D eigenvalue weighted by Gasteiger charge is -2.26. The fourth-order valence-corrected chi connectivity index (χ4v) is 3.75. The standard InChI is InChI=1S/C11H11N3O2.C6H7N3O2.C5H11NO2.2ClH/c15-14(16)7-1-2-10-8(5-7)9-6-12-4-3-11(9)13-10;7-8-5-1-3-6(4-2-5)9(10)11;7-5(8)1-3-6-4-2-5;;/h1-2,5,12-13H,3-4,6H2;1-4,8H,7H2;6-8H,1-4H2;2*1H. The predicted molar refractivity (Wildman–Crippen MR) is 145 cm³/mol. The Bertz CT molecular complexity index is 1170. The van der Waals surface area contributed by atoms with E-state index >= 15 is 0 Å². The fourth-order valence-electron chi connectivity index (χ4n) is 3.75. The number of hydrazine groups is 1. The Hall–Kier alpha value is -3.04. The molecule has 3 aromatic rings. The Balaban J connectivity index is 0.000000288. The molecule has 13 nitrogen and oxygen atoms in total. The average Bonchev–Trinajstić information content (AvgIpc) is 3.22. The van der Waals surface area contributed by atoms with Crippen LogP contribution < -0.4 is 21.9 Å². The van der Waals surface area contributed by atoms with E-state index in [4.69, 9.17) is 16.1 Å². The van der Waals surface area contributed by atoms with Crippen molar-refractivity contribution in [3.8, 4) is 0 Å². The third-order valence-electron chi connectivity index (χ3n) is 5.69. The quantitative estimate of drug-likeness (QED) is 0.108.